The maximum atomic E-state index is 13.0. The highest BCUT2D eigenvalue weighted by molar-refractivity contribution is 8.04. The van der Waals surface area contributed by atoms with Crippen LogP contribution in [0.4, 0.5) is 5.69 Å². The van der Waals surface area contributed by atoms with E-state index in [9.17, 15) is 9.59 Å². The van der Waals surface area contributed by atoms with E-state index in [2.05, 4.69) is 5.32 Å². The third-order valence-electron chi connectivity index (χ3n) is 5.37. The fourth-order valence-corrected chi connectivity index (χ4v) is 4.50. The van der Waals surface area contributed by atoms with Crippen LogP contribution in [0.25, 0.3) is 6.08 Å². The van der Waals surface area contributed by atoms with Gasteiger partial charge in [0.2, 0.25) is 0 Å². The van der Waals surface area contributed by atoms with E-state index >= 15 is 0 Å². The number of carbonyl (C=O) groups is 2. The summed E-state index contributed by atoms with van der Waals surface area (Å²) < 4.78 is 0. The molecule has 0 aliphatic carbocycles. The number of fused-ring (bicyclic) bond motifs is 1. The number of anilines is 1. The van der Waals surface area contributed by atoms with Crippen LogP contribution in [0.2, 0.25) is 0 Å². The van der Waals surface area contributed by atoms with Crippen molar-refractivity contribution < 1.29 is 9.59 Å². The number of nitrogens with zero attached hydrogens (tertiary/aromatic N) is 1. The lowest BCUT2D eigenvalue weighted by atomic mass is 10.1. The summed E-state index contributed by atoms with van der Waals surface area (Å²) >= 11 is 1.44. The number of aryl methyl sites for hydroxylation is 2. The number of hydrogen-bond donors (Lipinski definition) is 1. The minimum Gasteiger partial charge on any atom is -0.348 e. The molecule has 1 aliphatic heterocycles. The largest absolute Gasteiger partial charge is 0.348 e. The second-order valence-electron chi connectivity index (χ2n) is 7.68. The molecule has 0 fully saturated rings. The molecule has 0 unspecified atom stereocenters. The fraction of sp³-hybridized carbons (Fsp3) is 0.154. The molecule has 1 aliphatic rings. The molecule has 3 aromatic carbocycles. The molecular weight excluding hydrogens is 404 g/mol. The molecule has 0 atom stereocenters. The lowest BCUT2D eigenvalue weighted by molar-refractivity contribution is -0.114. The molecule has 4 rings (SSSR count). The van der Waals surface area contributed by atoms with Crippen molar-refractivity contribution in [1.29, 1.82) is 0 Å². The monoisotopic (exact) mass is 428 g/mol. The van der Waals surface area contributed by atoms with Gasteiger partial charge in [0.15, 0.2) is 0 Å². The topological polar surface area (TPSA) is 49.4 Å². The van der Waals surface area contributed by atoms with E-state index in [0.717, 1.165) is 27.3 Å². The van der Waals surface area contributed by atoms with Crippen molar-refractivity contribution in [2.75, 3.05) is 11.9 Å². The quantitative estimate of drug-likeness (QED) is 0.571. The lowest BCUT2D eigenvalue weighted by Gasteiger charge is -2.27. The van der Waals surface area contributed by atoms with Gasteiger partial charge in [0.05, 0.1) is 10.6 Å². The van der Waals surface area contributed by atoms with E-state index in [4.69, 9.17) is 0 Å². The van der Waals surface area contributed by atoms with Crippen LogP contribution in [0.5, 0.6) is 0 Å². The van der Waals surface area contributed by atoms with E-state index in [1.54, 1.807) is 18.0 Å². The highest BCUT2D eigenvalue weighted by Crippen LogP contribution is 2.42. The summed E-state index contributed by atoms with van der Waals surface area (Å²) in [6.07, 6.45) is 1.93. The van der Waals surface area contributed by atoms with Gasteiger partial charge in [0.1, 0.15) is 0 Å². The summed E-state index contributed by atoms with van der Waals surface area (Å²) in [5.74, 6) is -0.228. The van der Waals surface area contributed by atoms with E-state index in [1.807, 2.05) is 80.6 Å². The molecule has 31 heavy (non-hydrogen) atoms. The minimum atomic E-state index is -0.157. The molecule has 2 amide bonds. The molecule has 1 heterocycles. The Hall–Kier alpha value is -3.31. The van der Waals surface area contributed by atoms with Gasteiger partial charge in [-0.1, -0.05) is 65.9 Å². The van der Waals surface area contributed by atoms with Crippen LogP contribution in [0.1, 0.15) is 32.6 Å². The Labute approximate surface area is 187 Å². The number of benzene rings is 3. The summed E-state index contributed by atoms with van der Waals surface area (Å²) in [7, 11) is 1.75. The standard InChI is InChI=1S/C26H24N2O2S/c1-17-8-10-19(11-9-17)16-27-25(29)21-12-13-23-22(14-21)28(3)26(30)24(31-23)15-20-7-5-4-6-18(20)2/h4-15H,16H2,1-3H3,(H,27,29). The Morgan fingerprint density at radius 3 is 2.52 bits per heavy atom. The average molecular weight is 429 g/mol. The smallest absolute Gasteiger partial charge is 0.264 e. The zero-order valence-electron chi connectivity index (χ0n) is 17.8. The first-order valence-corrected chi connectivity index (χ1v) is 10.9. The van der Waals surface area contributed by atoms with E-state index < -0.39 is 0 Å². The number of rotatable bonds is 4. The van der Waals surface area contributed by atoms with Crippen LogP contribution >= 0.6 is 11.8 Å². The molecule has 0 saturated heterocycles. The number of carbonyl (C=O) groups excluding carboxylic acids is 2. The number of likely N-dealkylation sites (N-methyl/N-ethyl adjacent to an activating group) is 1. The molecule has 0 radical (unpaired) electrons. The van der Waals surface area contributed by atoms with Crippen molar-refractivity contribution in [2.24, 2.45) is 0 Å². The van der Waals surface area contributed by atoms with Crippen LogP contribution in [0.15, 0.2) is 76.5 Å². The molecule has 3 aromatic rings. The normalized spacial score (nSPS) is 14.5. The highest BCUT2D eigenvalue weighted by Gasteiger charge is 2.27. The fourth-order valence-electron chi connectivity index (χ4n) is 3.42. The summed E-state index contributed by atoms with van der Waals surface area (Å²) in [6, 6.07) is 21.6. The third kappa shape index (κ3) is 4.57. The first kappa shape index (κ1) is 20.9. The Morgan fingerprint density at radius 2 is 1.77 bits per heavy atom. The van der Waals surface area contributed by atoms with Gasteiger partial charge < -0.3 is 10.2 Å². The van der Waals surface area contributed by atoms with E-state index in [0.29, 0.717) is 17.0 Å². The van der Waals surface area contributed by atoms with Gasteiger partial charge in [0, 0.05) is 24.1 Å². The third-order valence-corrected chi connectivity index (χ3v) is 6.44. The van der Waals surface area contributed by atoms with Crippen molar-refractivity contribution in [3.8, 4) is 0 Å². The van der Waals surface area contributed by atoms with Gasteiger partial charge in [-0.15, -0.1) is 0 Å². The lowest BCUT2D eigenvalue weighted by Crippen LogP contribution is -2.31. The number of hydrogen-bond acceptors (Lipinski definition) is 3. The van der Waals surface area contributed by atoms with Crippen molar-refractivity contribution in [1.82, 2.24) is 5.32 Å². The van der Waals surface area contributed by atoms with Gasteiger partial charge in [-0.25, -0.2) is 0 Å². The molecule has 0 bridgehead atoms. The summed E-state index contributed by atoms with van der Waals surface area (Å²) in [5.41, 5.74) is 5.67. The van der Waals surface area contributed by atoms with Crippen LogP contribution in [0, 0.1) is 13.8 Å². The van der Waals surface area contributed by atoms with Crippen LogP contribution in [-0.4, -0.2) is 18.9 Å². The summed E-state index contributed by atoms with van der Waals surface area (Å²) in [4.78, 5) is 28.9. The van der Waals surface area contributed by atoms with Gasteiger partial charge >= 0.3 is 0 Å². The Morgan fingerprint density at radius 1 is 1.03 bits per heavy atom. The molecule has 0 spiro atoms. The number of thioether (sulfide) groups is 1. The first-order valence-electron chi connectivity index (χ1n) is 10.1. The maximum absolute atomic E-state index is 13.0. The first-order chi connectivity index (χ1) is 14.9. The molecule has 0 saturated carbocycles. The molecule has 0 aromatic heterocycles. The SMILES string of the molecule is Cc1ccc(CNC(=O)c2ccc3c(c2)N(C)C(=O)C(=Cc2ccccc2C)S3)cc1. The summed E-state index contributed by atoms with van der Waals surface area (Å²) in [5, 5.41) is 2.95. The Balaban J connectivity index is 1.54. The van der Waals surface area contributed by atoms with Crippen LogP contribution in [-0.2, 0) is 11.3 Å². The van der Waals surface area contributed by atoms with Gasteiger partial charge in [0.25, 0.3) is 11.8 Å². The van der Waals surface area contributed by atoms with Gasteiger partial charge in [-0.3, -0.25) is 9.59 Å². The van der Waals surface area contributed by atoms with Crippen LogP contribution < -0.4 is 10.2 Å². The highest BCUT2D eigenvalue weighted by atomic mass is 32.2. The number of amides is 2. The molecule has 4 nitrogen and oxygen atoms in total. The molecule has 1 N–H and O–H groups in total. The predicted octanol–water partition coefficient (Wildman–Crippen LogP) is 5.34. The van der Waals surface area contributed by atoms with Gasteiger partial charge in [-0.05, 0) is 54.8 Å². The van der Waals surface area contributed by atoms with Crippen molar-refractivity contribution in [3.63, 3.8) is 0 Å². The Bertz CT molecular complexity index is 1180. The number of nitrogens with one attached hydrogen (secondary N) is 1. The zero-order valence-corrected chi connectivity index (χ0v) is 18.6. The van der Waals surface area contributed by atoms with Gasteiger partial charge in [-0.2, -0.15) is 0 Å². The zero-order chi connectivity index (χ0) is 22.0. The maximum Gasteiger partial charge on any atom is 0.264 e. The minimum absolute atomic E-state index is 0.0713. The van der Waals surface area contributed by atoms with Crippen molar-refractivity contribution >= 4 is 35.3 Å². The van der Waals surface area contributed by atoms with E-state index in [1.165, 1.54) is 17.3 Å². The molecule has 5 heteroatoms. The molecule has 156 valence electrons. The Kier molecular flexibility index (Phi) is 5.96. The second-order valence-corrected chi connectivity index (χ2v) is 8.77. The second kappa shape index (κ2) is 8.82. The van der Waals surface area contributed by atoms with Crippen LogP contribution in [0.3, 0.4) is 0 Å². The average Bonchev–Trinajstić information content (AvgIpc) is 2.78. The summed E-state index contributed by atoms with van der Waals surface area (Å²) in [6.45, 7) is 4.53. The van der Waals surface area contributed by atoms with Crippen molar-refractivity contribution in [3.05, 3.63) is 99.5 Å². The predicted molar refractivity (Wildman–Crippen MR) is 127 cm³/mol. The molecular formula is C26H24N2O2S. The van der Waals surface area contributed by atoms with Crippen molar-refractivity contribution in [2.45, 2.75) is 25.3 Å². The van der Waals surface area contributed by atoms with E-state index in [-0.39, 0.29) is 11.8 Å².